The van der Waals surface area contributed by atoms with Gasteiger partial charge in [0, 0.05) is 18.3 Å². The number of benzene rings is 1. The van der Waals surface area contributed by atoms with Gasteiger partial charge in [-0.3, -0.25) is 4.90 Å². The number of esters is 1. The number of nitriles is 1. The van der Waals surface area contributed by atoms with E-state index in [-0.39, 0.29) is 12.5 Å². The van der Waals surface area contributed by atoms with Gasteiger partial charge in [0.2, 0.25) is 0 Å². The standard InChI is InChI=1S/C18H18N2O4/c1-4-24-18(22)20-10-12(2)16(15(11-20)17(21)23-3)14-7-5-13(9-19)6-8-14/h5-8,10-11,16H,4H2,1-3H3. The Bertz CT molecular complexity index is 741. The highest BCUT2D eigenvalue weighted by Gasteiger charge is 2.31. The van der Waals surface area contributed by atoms with E-state index in [1.807, 2.05) is 6.92 Å². The summed E-state index contributed by atoms with van der Waals surface area (Å²) in [5.74, 6) is -0.873. The smallest absolute Gasteiger partial charge is 0.417 e. The highest BCUT2D eigenvalue weighted by atomic mass is 16.6. The maximum atomic E-state index is 12.2. The van der Waals surface area contributed by atoms with Crippen molar-refractivity contribution in [1.29, 1.82) is 5.26 Å². The number of hydrogen-bond donors (Lipinski definition) is 0. The molecule has 124 valence electrons. The fourth-order valence-corrected chi connectivity index (χ4v) is 2.59. The van der Waals surface area contributed by atoms with Crippen LogP contribution >= 0.6 is 0 Å². The van der Waals surface area contributed by atoms with Gasteiger partial charge < -0.3 is 9.47 Å². The maximum Gasteiger partial charge on any atom is 0.417 e. The summed E-state index contributed by atoms with van der Waals surface area (Å²) in [5.41, 5.74) is 2.49. The second kappa shape index (κ2) is 7.47. The Labute approximate surface area is 140 Å². The van der Waals surface area contributed by atoms with E-state index in [9.17, 15) is 9.59 Å². The van der Waals surface area contributed by atoms with Crippen molar-refractivity contribution in [3.63, 3.8) is 0 Å². The first kappa shape index (κ1) is 17.3. The Morgan fingerprint density at radius 3 is 2.46 bits per heavy atom. The zero-order valence-corrected chi connectivity index (χ0v) is 13.8. The predicted molar refractivity (Wildman–Crippen MR) is 86.6 cm³/mol. The van der Waals surface area contributed by atoms with E-state index in [4.69, 9.17) is 14.7 Å². The normalized spacial score (nSPS) is 16.6. The number of nitrogens with zero attached hydrogens (tertiary/aromatic N) is 2. The molecular formula is C18H18N2O4. The number of rotatable bonds is 3. The minimum Gasteiger partial charge on any atom is -0.466 e. The third-order valence-corrected chi connectivity index (χ3v) is 3.66. The van der Waals surface area contributed by atoms with Crippen molar-refractivity contribution in [2.24, 2.45) is 0 Å². The summed E-state index contributed by atoms with van der Waals surface area (Å²) in [6, 6.07) is 9.02. The molecule has 0 saturated carbocycles. The number of carbonyl (C=O) groups excluding carboxylic acids is 2. The average Bonchev–Trinajstić information content (AvgIpc) is 2.60. The van der Waals surface area contributed by atoms with Gasteiger partial charge in [-0.1, -0.05) is 12.1 Å². The lowest BCUT2D eigenvalue weighted by molar-refractivity contribution is -0.136. The molecule has 0 N–H and O–H groups in total. The lowest BCUT2D eigenvalue weighted by Crippen LogP contribution is -2.29. The van der Waals surface area contributed by atoms with Crippen LogP contribution in [0.5, 0.6) is 0 Å². The molecule has 1 unspecified atom stereocenters. The first-order valence-corrected chi connectivity index (χ1v) is 7.45. The lowest BCUT2D eigenvalue weighted by atomic mass is 9.84. The molecule has 1 amide bonds. The zero-order chi connectivity index (χ0) is 17.7. The second-order valence-electron chi connectivity index (χ2n) is 5.22. The minimum atomic E-state index is -0.559. The van der Waals surface area contributed by atoms with Crippen molar-refractivity contribution >= 4 is 12.1 Å². The largest absolute Gasteiger partial charge is 0.466 e. The van der Waals surface area contributed by atoms with Gasteiger partial charge in [-0.2, -0.15) is 5.26 Å². The maximum absolute atomic E-state index is 12.2. The zero-order valence-electron chi connectivity index (χ0n) is 13.8. The van der Waals surface area contributed by atoms with E-state index in [1.165, 1.54) is 18.2 Å². The Kier molecular flexibility index (Phi) is 5.38. The molecule has 0 aromatic heterocycles. The van der Waals surface area contributed by atoms with Crippen LogP contribution in [0.15, 0.2) is 47.8 Å². The Hall–Kier alpha value is -3.07. The van der Waals surface area contributed by atoms with E-state index in [1.54, 1.807) is 37.4 Å². The van der Waals surface area contributed by atoms with E-state index in [0.717, 1.165) is 11.1 Å². The third-order valence-electron chi connectivity index (χ3n) is 3.66. The van der Waals surface area contributed by atoms with Gasteiger partial charge in [-0.15, -0.1) is 0 Å². The molecule has 2 rings (SSSR count). The van der Waals surface area contributed by atoms with E-state index in [0.29, 0.717) is 11.1 Å². The van der Waals surface area contributed by atoms with Gasteiger partial charge in [-0.05, 0) is 37.1 Å². The van der Waals surface area contributed by atoms with Crippen LogP contribution in [0, 0.1) is 11.3 Å². The van der Waals surface area contributed by atoms with Crippen molar-refractivity contribution in [1.82, 2.24) is 4.90 Å². The van der Waals surface area contributed by atoms with Crippen LogP contribution in [0.4, 0.5) is 4.79 Å². The fourth-order valence-electron chi connectivity index (χ4n) is 2.59. The monoisotopic (exact) mass is 326 g/mol. The molecule has 1 atom stereocenters. The number of methoxy groups -OCH3 is 1. The summed E-state index contributed by atoms with van der Waals surface area (Å²) < 4.78 is 9.83. The topological polar surface area (TPSA) is 79.6 Å². The van der Waals surface area contributed by atoms with Gasteiger partial charge in [0.1, 0.15) is 0 Å². The second-order valence-corrected chi connectivity index (χ2v) is 5.22. The number of carbonyl (C=O) groups is 2. The molecule has 0 radical (unpaired) electrons. The van der Waals surface area contributed by atoms with E-state index in [2.05, 4.69) is 6.07 Å². The molecule has 0 bridgehead atoms. The summed E-state index contributed by atoms with van der Waals surface area (Å²) in [6.45, 7) is 3.77. The fraction of sp³-hybridized carbons (Fsp3) is 0.278. The summed E-state index contributed by atoms with van der Waals surface area (Å²) in [6.07, 6.45) is 2.50. The molecule has 24 heavy (non-hydrogen) atoms. The van der Waals surface area contributed by atoms with Crippen LogP contribution in [0.2, 0.25) is 0 Å². The predicted octanol–water partition coefficient (Wildman–Crippen LogP) is 3.07. The van der Waals surface area contributed by atoms with Crippen LogP contribution in [0.1, 0.15) is 30.9 Å². The van der Waals surface area contributed by atoms with Crippen molar-refractivity contribution < 1.29 is 19.1 Å². The number of hydrogen-bond acceptors (Lipinski definition) is 5. The Morgan fingerprint density at radius 1 is 1.25 bits per heavy atom. The number of ether oxygens (including phenoxy) is 2. The van der Waals surface area contributed by atoms with Gasteiger partial charge in [0.15, 0.2) is 0 Å². The molecule has 6 heteroatoms. The molecule has 1 aliphatic heterocycles. The van der Waals surface area contributed by atoms with Crippen LogP contribution in [-0.2, 0) is 14.3 Å². The molecular weight excluding hydrogens is 308 g/mol. The molecule has 1 heterocycles. The van der Waals surface area contributed by atoms with Crippen molar-refractivity contribution in [3.8, 4) is 6.07 Å². The molecule has 0 aliphatic carbocycles. The Balaban J connectivity index is 2.44. The quantitative estimate of drug-likeness (QED) is 0.798. The summed E-state index contributed by atoms with van der Waals surface area (Å²) in [4.78, 5) is 25.4. The molecule has 6 nitrogen and oxygen atoms in total. The Morgan fingerprint density at radius 2 is 1.92 bits per heavy atom. The third kappa shape index (κ3) is 3.46. The summed E-state index contributed by atoms with van der Waals surface area (Å²) in [7, 11) is 1.29. The van der Waals surface area contributed by atoms with Gasteiger partial charge in [0.05, 0.1) is 30.9 Å². The van der Waals surface area contributed by atoms with Gasteiger partial charge >= 0.3 is 12.1 Å². The molecule has 1 aromatic carbocycles. The number of amides is 1. The van der Waals surface area contributed by atoms with Crippen molar-refractivity contribution in [3.05, 3.63) is 58.9 Å². The minimum absolute atomic E-state index is 0.239. The van der Waals surface area contributed by atoms with Crippen LogP contribution in [0.3, 0.4) is 0 Å². The molecule has 1 aliphatic rings. The van der Waals surface area contributed by atoms with Gasteiger partial charge in [-0.25, -0.2) is 9.59 Å². The van der Waals surface area contributed by atoms with Gasteiger partial charge in [0.25, 0.3) is 0 Å². The van der Waals surface area contributed by atoms with E-state index >= 15 is 0 Å². The molecule has 0 saturated heterocycles. The van der Waals surface area contributed by atoms with Crippen LogP contribution in [-0.4, -0.2) is 30.7 Å². The summed E-state index contributed by atoms with van der Waals surface area (Å²) in [5, 5.41) is 8.91. The van der Waals surface area contributed by atoms with Crippen LogP contribution < -0.4 is 0 Å². The SMILES string of the molecule is CCOC(=O)N1C=C(C)C(c2ccc(C#N)cc2)C(C(=O)OC)=C1. The van der Waals surface area contributed by atoms with Crippen molar-refractivity contribution in [2.75, 3.05) is 13.7 Å². The van der Waals surface area contributed by atoms with E-state index < -0.39 is 12.1 Å². The molecule has 0 spiro atoms. The average molecular weight is 326 g/mol. The molecule has 1 aromatic rings. The summed E-state index contributed by atoms with van der Waals surface area (Å²) >= 11 is 0. The first-order valence-electron chi connectivity index (χ1n) is 7.45. The highest BCUT2D eigenvalue weighted by Crippen LogP contribution is 2.36. The van der Waals surface area contributed by atoms with Crippen LogP contribution in [0.25, 0.3) is 0 Å². The number of allylic oxidation sites excluding steroid dienone is 1. The first-order chi connectivity index (χ1) is 11.5. The molecule has 0 fully saturated rings. The highest BCUT2D eigenvalue weighted by molar-refractivity contribution is 5.92. The van der Waals surface area contributed by atoms with Crippen molar-refractivity contribution in [2.45, 2.75) is 19.8 Å². The lowest BCUT2D eigenvalue weighted by Gasteiger charge is -2.28.